The van der Waals surface area contributed by atoms with Crippen LogP contribution in [0.2, 0.25) is 0 Å². The summed E-state index contributed by atoms with van der Waals surface area (Å²) in [6, 6.07) is 6.76. The van der Waals surface area contributed by atoms with Crippen molar-refractivity contribution in [3.63, 3.8) is 0 Å². The molecule has 0 N–H and O–H groups in total. The molecule has 1 aromatic rings. The summed E-state index contributed by atoms with van der Waals surface area (Å²) >= 11 is 0. The van der Waals surface area contributed by atoms with E-state index in [0.29, 0.717) is 36.9 Å². The molecular formula is C19H28N2O3S. The van der Waals surface area contributed by atoms with Gasteiger partial charge in [-0.05, 0) is 54.9 Å². The van der Waals surface area contributed by atoms with Crippen molar-refractivity contribution >= 4 is 21.6 Å². The first-order valence-corrected chi connectivity index (χ1v) is 10.5. The first kappa shape index (κ1) is 18.4. The van der Waals surface area contributed by atoms with E-state index in [1.54, 1.807) is 33.5 Å². The first-order valence-electron chi connectivity index (χ1n) is 9.10. The van der Waals surface area contributed by atoms with Crippen LogP contribution >= 0.6 is 0 Å². The number of anilines is 1. The van der Waals surface area contributed by atoms with E-state index < -0.39 is 10.0 Å². The van der Waals surface area contributed by atoms with Gasteiger partial charge in [-0.25, -0.2) is 8.42 Å². The van der Waals surface area contributed by atoms with E-state index in [1.165, 1.54) is 0 Å². The van der Waals surface area contributed by atoms with Crippen molar-refractivity contribution in [3.8, 4) is 0 Å². The predicted molar refractivity (Wildman–Crippen MR) is 99.0 cm³/mol. The second kappa shape index (κ2) is 6.72. The molecule has 1 aromatic carbocycles. The zero-order valence-electron chi connectivity index (χ0n) is 15.4. The Morgan fingerprint density at radius 1 is 1.00 bits per heavy atom. The summed E-state index contributed by atoms with van der Waals surface area (Å²) in [7, 11) is -3.45. The molecule has 0 saturated carbocycles. The third-order valence-electron chi connectivity index (χ3n) is 5.54. The summed E-state index contributed by atoms with van der Waals surface area (Å²) in [5.74, 6) is 0.669. The van der Waals surface area contributed by atoms with Crippen LogP contribution < -0.4 is 4.90 Å². The topological polar surface area (TPSA) is 57.7 Å². The van der Waals surface area contributed by atoms with Gasteiger partial charge in [0.1, 0.15) is 0 Å². The molecule has 2 fully saturated rings. The summed E-state index contributed by atoms with van der Waals surface area (Å²) in [6.45, 7) is 8.54. The Morgan fingerprint density at radius 3 is 2.08 bits per heavy atom. The van der Waals surface area contributed by atoms with Gasteiger partial charge >= 0.3 is 0 Å². The van der Waals surface area contributed by atoms with Gasteiger partial charge in [-0.1, -0.05) is 20.8 Å². The minimum absolute atomic E-state index is 0.111. The molecule has 3 rings (SSSR count). The fraction of sp³-hybridized carbons (Fsp3) is 0.632. The molecular weight excluding hydrogens is 336 g/mol. The smallest absolute Gasteiger partial charge is 0.243 e. The third kappa shape index (κ3) is 3.75. The summed E-state index contributed by atoms with van der Waals surface area (Å²) in [5, 5.41) is 0. The van der Waals surface area contributed by atoms with Gasteiger partial charge in [0.05, 0.1) is 4.90 Å². The monoisotopic (exact) mass is 364 g/mol. The number of sulfonamides is 1. The van der Waals surface area contributed by atoms with Gasteiger partial charge in [0.15, 0.2) is 0 Å². The maximum atomic E-state index is 12.9. The Labute approximate surface area is 151 Å². The second-order valence-electron chi connectivity index (χ2n) is 8.19. The van der Waals surface area contributed by atoms with Gasteiger partial charge in [-0.3, -0.25) is 4.79 Å². The summed E-state index contributed by atoms with van der Waals surface area (Å²) in [6.07, 6.45) is 3.25. The summed E-state index contributed by atoms with van der Waals surface area (Å²) in [5.41, 5.74) is 1.01. The van der Waals surface area contributed by atoms with E-state index >= 15 is 0 Å². The van der Waals surface area contributed by atoms with Crippen LogP contribution in [0.4, 0.5) is 5.69 Å². The number of carbonyl (C=O) groups is 1. The van der Waals surface area contributed by atoms with E-state index in [4.69, 9.17) is 0 Å². The highest BCUT2D eigenvalue weighted by atomic mass is 32.2. The van der Waals surface area contributed by atoms with Crippen LogP contribution in [0.5, 0.6) is 0 Å². The zero-order valence-corrected chi connectivity index (χ0v) is 16.2. The highest BCUT2D eigenvalue weighted by molar-refractivity contribution is 7.89. The Balaban J connectivity index is 1.71. The van der Waals surface area contributed by atoms with Crippen LogP contribution in [0.15, 0.2) is 29.2 Å². The van der Waals surface area contributed by atoms with Crippen LogP contribution in [-0.2, 0) is 14.8 Å². The standard InChI is InChI=1S/C19H28N2O3S/c1-19(2,3)15-10-13-20(14-11-15)25(23,24)17-8-6-16(7-9-17)21-12-4-5-18(21)22/h6-9,15H,4-5,10-14H2,1-3H3. The molecule has 0 radical (unpaired) electrons. The normalized spacial score (nSPS) is 21.1. The average molecular weight is 365 g/mol. The number of amides is 1. The lowest BCUT2D eigenvalue weighted by molar-refractivity contribution is -0.117. The van der Waals surface area contributed by atoms with Crippen molar-refractivity contribution in [2.45, 2.75) is 51.3 Å². The molecule has 25 heavy (non-hydrogen) atoms. The SMILES string of the molecule is CC(C)(C)C1CCN(S(=O)(=O)c2ccc(N3CCCC3=O)cc2)CC1. The van der Waals surface area contributed by atoms with E-state index in [9.17, 15) is 13.2 Å². The largest absolute Gasteiger partial charge is 0.312 e. The molecule has 2 aliphatic rings. The minimum Gasteiger partial charge on any atom is -0.312 e. The molecule has 0 unspecified atom stereocenters. The van der Waals surface area contributed by atoms with Crippen molar-refractivity contribution < 1.29 is 13.2 Å². The Morgan fingerprint density at radius 2 is 1.60 bits per heavy atom. The van der Waals surface area contributed by atoms with Gasteiger partial charge in [-0.15, -0.1) is 0 Å². The van der Waals surface area contributed by atoms with Gasteiger partial charge in [0.2, 0.25) is 15.9 Å². The van der Waals surface area contributed by atoms with E-state index in [1.807, 2.05) is 0 Å². The van der Waals surface area contributed by atoms with Crippen LogP contribution in [-0.4, -0.2) is 38.3 Å². The molecule has 0 atom stereocenters. The molecule has 2 aliphatic heterocycles. The van der Waals surface area contributed by atoms with Gasteiger partial charge in [-0.2, -0.15) is 4.31 Å². The van der Waals surface area contributed by atoms with Crippen molar-refractivity contribution in [2.24, 2.45) is 11.3 Å². The number of carbonyl (C=O) groups excluding carboxylic acids is 1. The maximum absolute atomic E-state index is 12.9. The molecule has 5 nitrogen and oxygen atoms in total. The molecule has 2 heterocycles. The molecule has 138 valence electrons. The fourth-order valence-electron chi connectivity index (χ4n) is 3.83. The molecule has 0 aromatic heterocycles. The third-order valence-corrected chi connectivity index (χ3v) is 7.45. The average Bonchev–Trinajstić information content (AvgIpc) is 3.00. The molecule has 1 amide bonds. The van der Waals surface area contributed by atoms with Crippen LogP contribution in [0.1, 0.15) is 46.5 Å². The first-order chi connectivity index (χ1) is 11.7. The van der Waals surface area contributed by atoms with Gasteiger partial charge in [0, 0.05) is 31.7 Å². The molecule has 0 bridgehead atoms. The number of rotatable bonds is 3. The van der Waals surface area contributed by atoms with Crippen LogP contribution in [0.25, 0.3) is 0 Å². The molecule has 0 spiro atoms. The van der Waals surface area contributed by atoms with E-state index in [2.05, 4.69) is 20.8 Å². The molecule has 0 aliphatic carbocycles. The fourth-order valence-corrected chi connectivity index (χ4v) is 5.30. The Kier molecular flexibility index (Phi) is 4.95. The zero-order chi connectivity index (χ0) is 18.2. The van der Waals surface area contributed by atoms with Crippen molar-refractivity contribution in [3.05, 3.63) is 24.3 Å². The van der Waals surface area contributed by atoms with E-state index in [-0.39, 0.29) is 11.3 Å². The molecule has 6 heteroatoms. The number of piperidine rings is 1. The van der Waals surface area contributed by atoms with Crippen LogP contribution in [0, 0.1) is 11.3 Å². The van der Waals surface area contributed by atoms with Crippen molar-refractivity contribution in [1.82, 2.24) is 4.31 Å². The predicted octanol–water partition coefficient (Wildman–Crippen LogP) is 3.26. The number of hydrogen-bond acceptors (Lipinski definition) is 3. The Bertz CT molecular complexity index is 727. The Hall–Kier alpha value is -1.40. The minimum atomic E-state index is -3.45. The molecule has 2 saturated heterocycles. The highest BCUT2D eigenvalue weighted by Gasteiger charge is 2.34. The van der Waals surface area contributed by atoms with Crippen molar-refractivity contribution in [2.75, 3.05) is 24.5 Å². The lowest BCUT2D eigenvalue weighted by atomic mass is 9.76. The number of hydrogen-bond donors (Lipinski definition) is 0. The van der Waals surface area contributed by atoms with E-state index in [0.717, 1.165) is 24.9 Å². The quantitative estimate of drug-likeness (QED) is 0.827. The lowest BCUT2D eigenvalue weighted by Gasteiger charge is -2.38. The summed E-state index contributed by atoms with van der Waals surface area (Å²) in [4.78, 5) is 13.9. The summed E-state index contributed by atoms with van der Waals surface area (Å²) < 4.78 is 27.4. The number of benzene rings is 1. The van der Waals surface area contributed by atoms with Crippen molar-refractivity contribution in [1.29, 1.82) is 0 Å². The maximum Gasteiger partial charge on any atom is 0.243 e. The lowest BCUT2D eigenvalue weighted by Crippen LogP contribution is -2.41. The second-order valence-corrected chi connectivity index (χ2v) is 10.1. The van der Waals surface area contributed by atoms with Gasteiger partial charge in [0.25, 0.3) is 0 Å². The van der Waals surface area contributed by atoms with Crippen LogP contribution in [0.3, 0.4) is 0 Å². The van der Waals surface area contributed by atoms with Gasteiger partial charge < -0.3 is 4.90 Å². The number of nitrogens with zero attached hydrogens (tertiary/aromatic N) is 2. The highest BCUT2D eigenvalue weighted by Crippen LogP contribution is 2.35.